The zero-order chi connectivity index (χ0) is 21.9. The molecule has 1 aliphatic rings. The maximum atomic E-state index is 12.9. The summed E-state index contributed by atoms with van der Waals surface area (Å²) in [5.74, 6) is -0.357. The van der Waals surface area contributed by atoms with E-state index in [9.17, 15) is 23.1 Å². The fourth-order valence-electron chi connectivity index (χ4n) is 4.19. The molecule has 1 saturated heterocycles. The molecule has 3 rings (SSSR count). The quantitative estimate of drug-likeness (QED) is 0.601. The van der Waals surface area contributed by atoms with E-state index in [4.69, 9.17) is 0 Å². The van der Waals surface area contributed by atoms with Crippen molar-refractivity contribution in [1.29, 1.82) is 0 Å². The van der Waals surface area contributed by atoms with Gasteiger partial charge in [-0.2, -0.15) is 13.2 Å². The first-order chi connectivity index (χ1) is 14.1. The molecule has 0 saturated carbocycles. The van der Waals surface area contributed by atoms with Crippen LogP contribution in [0.15, 0.2) is 48.5 Å². The van der Waals surface area contributed by atoms with Crippen LogP contribution < -0.4 is 0 Å². The Bertz CT molecular complexity index is 844. The molecule has 2 aromatic rings. The van der Waals surface area contributed by atoms with Crippen molar-refractivity contribution < 1.29 is 23.1 Å². The molecule has 3 nitrogen and oxygen atoms in total. The Balaban J connectivity index is 1.82. The predicted molar refractivity (Wildman–Crippen MR) is 110 cm³/mol. The number of piperidine rings is 1. The highest BCUT2D eigenvalue weighted by Crippen LogP contribution is 2.38. The lowest BCUT2D eigenvalue weighted by molar-refractivity contribution is -0.139. The first-order valence-electron chi connectivity index (χ1n) is 10.4. The summed E-state index contributed by atoms with van der Waals surface area (Å²) >= 11 is 0. The van der Waals surface area contributed by atoms with Gasteiger partial charge in [0, 0.05) is 19.0 Å². The number of carboxylic acids is 1. The lowest BCUT2D eigenvalue weighted by atomic mass is 9.84. The van der Waals surface area contributed by atoms with Gasteiger partial charge in [-0.15, -0.1) is 0 Å². The van der Waals surface area contributed by atoms with E-state index in [0.29, 0.717) is 18.9 Å². The van der Waals surface area contributed by atoms with E-state index < -0.39 is 17.7 Å². The summed E-state index contributed by atoms with van der Waals surface area (Å²) in [6.45, 7) is 5.69. The van der Waals surface area contributed by atoms with Gasteiger partial charge in [-0.3, -0.25) is 9.69 Å². The lowest BCUT2D eigenvalue weighted by Crippen LogP contribution is -2.37. The van der Waals surface area contributed by atoms with E-state index in [2.05, 4.69) is 43.0 Å². The van der Waals surface area contributed by atoms with Crippen LogP contribution in [-0.4, -0.2) is 22.5 Å². The minimum absolute atomic E-state index is 0.0226. The molecule has 0 amide bonds. The van der Waals surface area contributed by atoms with Crippen molar-refractivity contribution in [3.8, 4) is 0 Å². The number of likely N-dealkylation sites (tertiary alicyclic amines) is 1. The Labute approximate surface area is 175 Å². The van der Waals surface area contributed by atoms with E-state index in [1.807, 2.05) is 0 Å². The monoisotopic (exact) mass is 419 g/mol. The molecule has 0 bridgehead atoms. The van der Waals surface area contributed by atoms with Gasteiger partial charge in [-0.05, 0) is 60.0 Å². The van der Waals surface area contributed by atoms with Crippen LogP contribution in [-0.2, 0) is 17.5 Å². The smallest absolute Gasteiger partial charge is 0.416 e. The molecule has 162 valence electrons. The topological polar surface area (TPSA) is 40.5 Å². The van der Waals surface area contributed by atoms with Crippen LogP contribution in [0.25, 0.3) is 0 Å². The average Bonchev–Trinajstić information content (AvgIpc) is 2.68. The molecule has 1 aliphatic heterocycles. The molecule has 0 spiro atoms. The maximum absolute atomic E-state index is 12.9. The Morgan fingerprint density at radius 1 is 1.10 bits per heavy atom. The molecule has 2 aromatic carbocycles. The maximum Gasteiger partial charge on any atom is 0.416 e. The molecule has 1 heterocycles. The number of aliphatic carboxylic acids is 1. The van der Waals surface area contributed by atoms with Crippen LogP contribution in [0.5, 0.6) is 0 Å². The standard InChI is InChI=1S/C24H28F3NO2/c1-16(2)19-5-3-17(4-6-19)15-28-12-11-18(14-23(29)30)13-22(28)20-7-9-21(10-8-20)24(25,26)27/h3-10,16,18,22H,11-15H2,1-2H3,(H,29,30). The van der Waals surface area contributed by atoms with E-state index in [0.717, 1.165) is 36.2 Å². The van der Waals surface area contributed by atoms with Gasteiger partial charge in [-0.25, -0.2) is 0 Å². The fourth-order valence-corrected chi connectivity index (χ4v) is 4.19. The fraction of sp³-hybridized carbons (Fsp3) is 0.458. The van der Waals surface area contributed by atoms with Crippen LogP contribution in [0, 0.1) is 5.92 Å². The normalized spacial score (nSPS) is 20.5. The van der Waals surface area contributed by atoms with Crippen molar-refractivity contribution in [2.75, 3.05) is 6.54 Å². The number of hydrogen-bond acceptors (Lipinski definition) is 2. The highest BCUT2D eigenvalue weighted by Gasteiger charge is 2.33. The van der Waals surface area contributed by atoms with Crippen LogP contribution in [0.1, 0.15) is 67.3 Å². The van der Waals surface area contributed by atoms with Gasteiger partial charge in [0.05, 0.1) is 5.56 Å². The summed E-state index contributed by atoms with van der Waals surface area (Å²) in [5, 5.41) is 9.18. The minimum atomic E-state index is -4.37. The number of nitrogens with zero attached hydrogens (tertiary/aromatic N) is 1. The second kappa shape index (κ2) is 9.21. The van der Waals surface area contributed by atoms with Gasteiger partial charge in [0.2, 0.25) is 0 Å². The third-order valence-electron chi connectivity index (χ3n) is 5.94. The van der Waals surface area contributed by atoms with Crippen LogP contribution >= 0.6 is 0 Å². The van der Waals surface area contributed by atoms with E-state index in [1.54, 1.807) is 0 Å². The summed E-state index contributed by atoms with van der Waals surface area (Å²) in [4.78, 5) is 13.4. The molecule has 6 heteroatoms. The van der Waals surface area contributed by atoms with Gasteiger partial charge in [0.25, 0.3) is 0 Å². The van der Waals surface area contributed by atoms with Gasteiger partial charge in [0.15, 0.2) is 0 Å². The SMILES string of the molecule is CC(C)c1ccc(CN2CCC(CC(=O)O)CC2c2ccc(C(F)(F)F)cc2)cc1. The lowest BCUT2D eigenvalue weighted by Gasteiger charge is -2.39. The molecule has 2 atom stereocenters. The average molecular weight is 419 g/mol. The first-order valence-corrected chi connectivity index (χ1v) is 10.4. The highest BCUT2D eigenvalue weighted by atomic mass is 19.4. The number of hydrogen-bond donors (Lipinski definition) is 1. The van der Waals surface area contributed by atoms with Crippen LogP contribution in [0.3, 0.4) is 0 Å². The first kappa shape index (κ1) is 22.3. The van der Waals surface area contributed by atoms with Crippen molar-refractivity contribution in [3.63, 3.8) is 0 Å². The number of benzene rings is 2. The zero-order valence-corrected chi connectivity index (χ0v) is 17.3. The third kappa shape index (κ3) is 5.63. The van der Waals surface area contributed by atoms with Crippen LogP contribution in [0.2, 0.25) is 0 Å². The molecule has 2 unspecified atom stereocenters. The highest BCUT2D eigenvalue weighted by molar-refractivity contribution is 5.67. The molecule has 1 fully saturated rings. The number of carbonyl (C=O) groups is 1. The van der Waals surface area contributed by atoms with Gasteiger partial charge >= 0.3 is 12.1 Å². The second-order valence-corrected chi connectivity index (χ2v) is 8.49. The van der Waals surface area contributed by atoms with Crippen LogP contribution in [0.4, 0.5) is 13.2 Å². The van der Waals surface area contributed by atoms with Crippen molar-refractivity contribution in [1.82, 2.24) is 4.90 Å². The number of rotatable bonds is 6. The third-order valence-corrected chi connectivity index (χ3v) is 5.94. The van der Waals surface area contributed by atoms with Gasteiger partial charge in [-0.1, -0.05) is 50.2 Å². The summed E-state index contributed by atoms with van der Waals surface area (Å²) in [6.07, 6.45) is -2.88. The summed E-state index contributed by atoms with van der Waals surface area (Å²) in [6, 6.07) is 13.6. The molecule has 0 aromatic heterocycles. The minimum Gasteiger partial charge on any atom is -0.481 e. The Hall–Kier alpha value is -2.34. The Kier molecular flexibility index (Phi) is 6.86. The van der Waals surface area contributed by atoms with E-state index in [-0.39, 0.29) is 18.4 Å². The number of carboxylic acid groups (broad SMARTS) is 1. The van der Waals surface area contributed by atoms with Gasteiger partial charge < -0.3 is 5.11 Å². The largest absolute Gasteiger partial charge is 0.481 e. The molecular formula is C24H28F3NO2. The van der Waals surface area contributed by atoms with Crippen molar-refractivity contribution in [3.05, 3.63) is 70.8 Å². The summed E-state index contributed by atoms with van der Waals surface area (Å²) in [5.41, 5.74) is 2.54. The van der Waals surface area contributed by atoms with Crippen molar-refractivity contribution in [2.45, 2.75) is 57.8 Å². The Morgan fingerprint density at radius 2 is 1.73 bits per heavy atom. The summed E-state index contributed by atoms with van der Waals surface area (Å²) < 4.78 is 38.8. The second-order valence-electron chi connectivity index (χ2n) is 8.49. The predicted octanol–water partition coefficient (Wildman–Crippen LogP) is 6.26. The van der Waals surface area contributed by atoms with E-state index >= 15 is 0 Å². The molecule has 1 N–H and O–H groups in total. The molecular weight excluding hydrogens is 391 g/mol. The molecule has 0 aliphatic carbocycles. The Morgan fingerprint density at radius 3 is 2.27 bits per heavy atom. The van der Waals surface area contributed by atoms with Crippen molar-refractivity contribution in [2.24, 2.45) is 5.92 Å². The molecule has 30 heavy (non-hydrogen) atoms. The van der Waals surface area contributed by atoms with E-state index in [1.165, 1.54) is 17.7 Å². The van der Waals surface area contributed by atoms with Gasteiger partial charge in [0.1, 0.15) is 0 Å². The zero-order valence-electron chi connectivity index (χ0n) is 17.3. The molecule has 0 radical (unpaired) electrons. The number of alkyl halides is 3. The number of halogens is 3. The summed E-state index contributed by atoms with van der Waals surface area (Å²) in [7, 11) is 0. The van der Waals surface area contributed by atoms with Crippen molar-refractivity contribution >= 4 is 5.97 Å².